The normalized spacial score (nSPS) is 11.4. The molecule has 0 aliphatic carbocycles. The summed E-state index contributed by atoms with van der Waals surface area (Å²) in [4.78, 5) is 30.2. The molecule has 0 atom stereocenters. The quantitative estimate of drug-likeness (QED) is 0.339. The molecule has 0 aliphatic rings. The molecular formula is C23H22FN5O4S2. The molecule has 0 saturated carbocycles. The standard InChI is InChI=1S/C23H22FN5O4S2/c1-3-10-25-15-5-7-17-19(12-15)26-13-29(22(17)30)20-8-6-16(11-18(20)24)27-23(31)28-35(32,33)21-9-4-14(2)34-21/h4-9,11-13,25H,3,10H2,1-2H3,(H2,27,28,31). The van der Waals surface area contributed by atoms with E-state index in [0.717, 1.165) is 45.5 Å². The molecule has 2 aromatic carbocycles. The van der Waals surface area contributed by atoms with E-state index in [9.17, 15) is 22.4 Å². The minimum atomic E-state index is -4.05. The number of hydrogen-bond acceptors (Lipinski definition) is 7. The van der Waals surface area contributed by atoms with Crippen LogP contribution in [0.4, 0.5) is 20.6 Å². The number of rotatable bonds is 7. The van der Waals surface area contributed by atoms with Gasteiger partial charge in [0, 0.05) is 22.8 Å². The van der Waals surface area contributed by atoms with Crippen molar-refractivity contribution in [3.63, 3.8) is 0 Å². The first-order valence-electron chi connectivity index (χ1n) is 10.6. The number of carbonyl (C=O) groups excluding carboxylic acids is 1. The number of aryl methyl sites for hydroxylation is 1. The Labute approximate surface area is 204 Å². The minimum Gasteiger partial charge on any atom is -0.385 e. The second-order valence-electron chi connectivity index (χ2n) is 7.67. The van der Waals surface area contributed by atoms with Gasteiger partial charge in [-0.2, -0.15) is 0 Å². The zero-order valence-corrected chi connectivity index (χ0v) is 20.5. The molecule has 3 N–H and O–H groups in total. The van der Waals surface area contributed by atoms with E-state index in [-0.39, 0.29) is 15.6 Å². The fraction of sp³-hybridized carbons (Fsp3) is 0.174. The summed E-state index contributed by atoms with van der Waals surface area (Å²) in [5.41, 5.74) is 0.802. The van der Waals surface area contributed by atoms with E-state index in [1.165, 1.54) is 24.5 Å². The maximum atomic E-state index is 14.9. The van der Waals surface area contributed by atoms with Crippen LogP contribution in [0, 0.1) is 12.7 Å². The van der Waals surface area contributed by atoms with Crippen molar-refractivity contribution in [1.82, 2.24) is 14.3 Å². The first-order valence-corrected chi connectivity index (χ1v) is 12.9. The van der Waals surface area contributed by atoms with Gasteiger partial charge in [-0.25, -0.2) is 27.3 Å². The Morgan fingerprint density at radius 3 is 2.57 bits per heavy atom. The van der Waals surface area contributed by atoms with Crippen LogP contribution in [0.3, 0.4) is 0 Å². The number of hydrogen-bond donors (Lipinski definition) is 3. The lowest BCUT2D eigenvalue weighted by atomic mass is 10.2. The van der Waals surface area contributed by atoms with Gasteiger partial charge in [0.25, 0.3) is 15.6 Å². The molecule has 0 aliphatic heterocycles. The number of aromatic nitrogens is 2. The number of nitrogens with one attached hydrogen (secondary N) is 3. The van der Waals surface area contributed by atoms with E-state index in [1.807, 2.05) is 11.6 Å². The summed E-state index contributed by atoms with van der Waals surface area (Å²) in [6.07, 6.45) is 2.19. The highest BCUT2D eigenvalue weighted by Crippen LogP contribution is 2.22. The Morgan fingerprint density at radius 1 is 1.11 bits per heavy atom. The Morgan fingerprint density at radius 2 is 1.89 bits per heavy atom. The molecule has 0 fully saturated rings. The number of thiophene rings is 1. The predicted molar refractivity (Wildman–Crippen MR) is 134 cm³/mol. The number of nitrogens with zero attached hydrogens (tertiary/aromatic N) is 2. The Bertz CT molecular complexity index is 1580. The molecule has 0 saturated heterocycles. The molecule has 2 amide bonds. The van der Waals surface area contributed by atoms with E-state index in [4.69, 9.17) is 0 Å². The zero-order chi connectivity index (χ0) is 25.2. The Balaban J connectivity index is 1.54. The Hall–Kier alpha value is -3.77. The van der Waals surface area contributed by atoms with Crippen molar-refractivity contribution < 1.29 is 17.6 Å². The first kappa shape index (κ1) is 24.4. The topological polar surface area (TPSA) is 122 Å². The molecule has 2 aromatic heterocycles. The zero-order valence-electron chi connectivity index (χ0n) is 18.8. The van der Waals surface area contributed by atoms with Crippen molar-refractivity contribution in [2.75, 3.05) is 17.2 Å². The molecule has 9 nitrogen and oxygen atoms in total. The number of halogens is 1. The van der Waals surface area contributed by atoms with Gasteiger partial charge >= 0.3 is 6.03 Å². The molecule has 182 valence electrons. The van der Waals surface area contributed by atoms with Crippen LogP contribution in [0.1, 0.15) is 18.2 Å². The van der Waals surface area contributed by atoms with Gasteiger partial charge in [0.1, 0.15) is 16.4 Å². The molecule has 0 spiro atoms. The van der Waals surface area contributed by atoms with Crippen molar-refractivity contribution in [2.24, 2.45) is 0 Å². The van der Waals surface area contributed by atoms with Gasteiger partial charge in [-0.05, 0) is 61.9 Å². The lowest BCUT2D eigenvalue weighted by Gasteiger charge is -2.11. The molecular weight excluding hydrogens is 493 g/mol. The van der Waals surface area contributed by atoms with Crippen LogP contribution in [0.2, 0.25) is 0 Å². The third kappa shape index (κ3) is 5.33. The summed E-state index contributed by atoms with van der Waals surface area (Å²) in [6, 6.07) is 10.8. The second-order valence-corrected chi connectivity index (χ2v) is 10.9. The van der Waals surface area contributed by atoms with E-state index < -0.39 is 27.4 Å². The van der Waals surface area contributed by atoms with Crippen molar-refractivity contribution in [3.05, 3.63) is 75.9 Å². The number of benzene rings is 2. The molecule has 12 heteroatoms. The summed E-state index contributed by atoms with van der Waals surface area (Å²) in [7, 11) is -4.05. The lowest BCUT2D eigenvalue weighted by molar-refractivity contribution is 0.256. The molecule has 0 unspecified atom stereocenters. The predicted octanol–water partition coefficient (Wildman–Crippen LogP) is 4.23. The van der Waals surface area contributed by atoms with Gasteiger partial charge in [0.2, 0.25) is 0 Å². The number of carbonyl (C=O) groups is 1. The molecule has 35 heavy (non-hydrogen) atoms. The SMILES string of the molecule is CCCNc1ccc2c(=O)n(-c3ccc(NC(=O)NS(=O)(=O)c4ccc(C)s4)cc3F)cnc2c1. The van der Waals surface area contributed by atoms with Gasteiger partial charge in [0.15, 0.2) is 0 Å². The number of amides is 2. The van der Waals surface area contributed by atoms with Crippen LogP contribution in [0.5, 0.6) is 0 Å². The summed E-state index contributed by atoms with van der Waals surface area (Å²) in [6.45, 7) is 4.57. The van der Waals surface area contributed by atoms with E-state index in [2.05, 4.69) is 15.6 Å². The maximum Gasteiger partial charge on any atom is 0.333 e. The third-order valence-electron chi connectivity index (χ3n) is 5.01. The van der Waals surface area contributed by atoms with Crippen molar-refractivity contribution in [1.29, 1.82) is 0 Å². The van der Waals surface area contributed by atoms with Gasteiger partial charge < -0.3 is 10.6 Å². The summed E-state index contributed by atoms with van der Waals surface area (Å²) >= 11 is 1.02. The minimum absolute atomic E-state index is 0.00903. The smallest absolute Gasteiger partial charge is 0.333 e. The highest BCUT2D eigenvalue weighted by molar-refractivity contribution is 7.92. The number of fused-ring (bicyclic) bond motifs is 1. The summed E-state index contributed by atoms with van der Waals surface area (Å²) < 4.78 is 42.4. The molecule has 2 heterocycles. The van der Waals surface area contributed by atoms with Crippen LogP contribution >= 0.6 is 11.3 Å². The highest BCUT2D eigenvalue weighted by Gasteiger charge is 2.20. The Kier molecular flexibility index (Phi) is 6.85. The highest BCUT2D eigenvalue weighted by atomic mass is 32.2. The number of urea groups is 1. The maximum absolute atomic E-state index is 14.9. The largest absolute Gasteiger partial charge is 0.385 e. The van der Waals surface area contributed by atoms with Crippen LogP contribution in [-0.4, -0.2) is 30.5 Å². The first-order chi connectivity index (χ1) is 16.7. The third-order valence-corrected chi connectivity index (χ3v) is 7.83. The van der Waals surface area contributed by atoms with Crippen LogP contribution in [-0.2, 0) is 10.0 Å². The fourth-order valence-electron chi connectivity index (χ4n) is 3.34. The van der Waals surface area contributed by atoms with E-state index in [0.29, 0.717) is 10.9 Å². The lowest BCUT2D eigenvalue weighted by Crippen LogP contribution is -2.34. The van der Waals surface area contributed by atoms with Gasteiger partial charge in [0.05, 0.1) is 16.6 Å². The van der Waals surface area contributed by atoms with E-state index >= 15 is 0 Å². The fourth-order valence-corrected chi connectivity index (χ4v) is 5.53. The van der Waals surface area contributed by atoms with Crippen molar-refractivity contribution >= 4 is 49.7 Å². The number of anilines is 2. The molecule has 0 bridgehead atoms. The van der Waals surface area contributed by atoms with Crippen LogP contribution < -0.4 is 20.9 Å². The molecule has 0 radical (unpaired) electrons. The molecule has 4 aromatic rings. The average Bonchev–Trinajstić information content (AvgIpc) is 3.25. The summed E-state index contributed by atoms with van der Waals surface area (Å²) in [5.74, 6) is -0.802. The van der Waals surface area contributed by atoms with Gasteiger partial charge in [-0.3, -0.25) is 9.36 Å². The van der Waals surface area contributed by atoms with Crippen molar-refractivity contribution in [3.8, 4) is 5.69 Å². The van der Waals surface area contributed by atoms with E-state index in [1.54, 1.807) is 31.2 Å². The summed E-state index contributed by atoms with van der Waals surface area (Å²) in [5, 5.41) is 5.83. The number of sulfonamides is 1. The van der Waals surface area contributed by atoms with Gasteiger partial charge in [-0.1, -0.05) is 6.92 Å². The van der Waals surface area contributed by atoms with Gasteiger partial charge in [-0.15, -0.1) is 11.3 Å². The monoisotopic (exact) mass is 515 g/mol. The van der Waals surface area contributed by atoms with Crippen LogP contribution in [0.25, 0.3) is 16.6 Å². The molecule has 4 rings (SSSR count). The second kappa shape index (κ2) is 9.84. The van der Waals surface area contributed by atoms with Crippen molar-refractivity contribution in [2.45, 2.75) is 24.5 Å². The van der Waals surface area contributed by atoms with Crippen LogP contribution in [0.15, 0.2) is 63.9 Å². The average molecular weight is 516 g/mol.